The maximum absolute atomic E-state index is 11.9. The Morgan fingerprint density at radius 2 is 2.11 bits per heavy atom. The quantitative estimate of drug-likeness (QED) is 0.725. The largest absolute Gasteiger partial charge is 0.480 e. The fourth-order valence-corrected chi connectivity index (χ4v) is 2.36. The van der Waals surface area contributed by atoms with E-state index in [-0.39, 0.29) is 6.42 Å². The summed E-state index contributed by atoms with van der Waals surface area (Å²) in [5.41, 5.74) is 1.36. The van der Waals surface area contributed by atoms with Gasteiger partial charge in [0.1, 0.15) is 6.04 Å². The zero-order chi connectivity index (χ0) is 13.7. The molecule has 0 radical (unpaired) electrons. The molecule has 0 aliphatic carbocycles. The van der Waals surface area contributed by atoms with Gasteiger partial charge in [-0.25, -0.2) is 4.79 Å². The van der Waals surface area contributed by atoms with Crippen LogP contribution in [0.4, 0.5) is 0 Å². The van der Waals surface area contributed by atoms with E-state index in [4.69, 9.17) is 5.11 Å². The molecule has 1 atom stereocenters. The highest BCUT2D eigenvalue weighted by molar-refractivity contribution is 9.10. The predicted molar refractivity (Wildman–Crippen MR) is 76.2 cm³/mol. The van der Waals surface area contributed by atoms with Gasteiger partial charge in [-0.2, -0.15) is 12.6 Å². The molecule has 0 bridgehead atoms. The third kappa shape index (κ3) is 4.34. The van der Waals surface area contributed by atoms with Gasteiger partial charge in [-0.3, -0.25) is 4.79 Å². The highest BCUT2D eigenvalue weighted by Crippen LogP contribution is 2.15. The van der Waals surface area contributed by atoms with E-state index in [1.165, 1.54) is 0 Å². The summed E-state index contributed by atoms with van der Waals surface area (Å²) in [5, 5.41) is 11.4. The number of benzene rings is 1. The van der Waals surface area contributed by atoms with E-state index in [0.29, 0.717) is 11.3 Å². The van der Waals surface area contributed by atoms with Crippen molar-refractivity contribution in [3.63, 3.8) is 0 Å². The first-order chi connectivity index (χ1) is 8.43. The molecule has 1 amide bonds. The number of carbonyl (C=O) groups is 2. The Kier molecular flexibility index (Phi) is 5.68. The molecule has 6 heteroatoms. The number of hydrogen-bond acceptors (Lipinski definition) is 3. The minimum atomic E-state index is -1.05. The third-order valence-electron chi connectivity index (χ3n) is 2.33. The molecule has 0 saturated carbocycles. The van der Waals surface area contributed by atoms with Crippen molar-refractivity contribution < 1.29 is 14.7 Å². The summed E-state index contributed by atoms with van der Waals surface area (Å²) < 4.78 is 0.786. The van der Waals surface area contributed by atoms with Crippen molar-refractivity contribution in [2.45, 2.75) is 19.4 Å². The van der Waals surface area contributed by atoms with Crippen molar-refractivity contribution in [3.8, 4) is 0 Å². The number of carbonyl (C=O) groups excluding carboxylic acids is 1. The number of halogens is 1. The van der Waals surface area contributed by atoms with Gasteiger partial charge in [0.25, 0.3) is 5.91 Å². The molecule has 98 valence electrons. The molecular weight excluding hydrogens is 318 g/mol. The van der Waals surface area contributed by atoms with E-state index in [1.54, 1.807) is 12.1 Å². The molecule has 0 saturated heterocycles. The smallest absolute Gasteiger partial charge is 0.326 e. The molecule has 4 nitrogen and oxygen atoms in total. The Morgan fingerprint density at radius 3 is 2.61 bits per heavy atom. The van der Waals surface area contributed by atoms with Crippen molar-refractivity contribution in [1.82, 2.24) is 5.32 Å². The Bertz CT molecular complexity index is 444. The average molecular weight is 332 g/mol. The lowest BCUT2D eigenvalue weighted by atomic mass is 10.1. The van der Waals surface area contributed by atoms with Gasteiger partial charge in [0.15, 0.2) is 0 Å². The third-order valence-corrected chi connectivity index (χ3v) is 3.04. The second-order valence-corrected chi connectivity index (χ2v) is 5.26. The molecule has 2 N–H and O–H groups in total. The zero-order valence-corrected chi connectivity index (χ0v) is 12.3. The van der Waals surface area contributed by atoms with Crippen LogP contribution < -0.4 is 5.32 Å². The van der Waals surface area contributed by atoms with Crippen molar-refractivity contribution in [2.24, 2.45) is 0 Å². The van der Waals surface area contributed by atoms with Crippen molar-refractivity contribution in [2.75, 3.05) is 5.75 Å². The minimum absolute atomic E-state index is 0.289. The first-order valence-corrected chi connectivity index (χ1v) is 6.78. The van der Waals surface area contributed by atoms with Crippen LogP contribution in [0.3, 0.4) is 0 Å². The average Bonchev–Trinajstić information content (AvgIpc) is 2.26. The molecule has 0 fully saturated rings. The van der Waals surface area contributed by atoms with Crippen molar-refractivity contribution >= 4 is 40.4 Å². The Balaban J connectivity index is 2.83. The summed E-state index contributed by atoms with van der Waals surface area (Å²) >= 11 is 7.27. The second kappa shape index (κ2) is 6.80. The van der Waals surface area contributed by atoms with Crippen LogP contribution in [0.25, 0.3) is 0 Å². The van der Waals surface area contributed by atoms with Crippen LogP contribution in [0.2, 0.25) is 0 Å². The molecule has 1 unspecified atom stereocenters. The van der Waals surface area contributed by atoms with Crippen LogP contribution in [0.5, 0.6) is 0 Å². The van der Waals surface area contributed by atoms with Crippen LogP contribution >= 0.6 is 28.6 Å². The highest BCUT2D eigenvalue weighted by atomic mass is 79.9. The van der Waals surface area contributed by atoms with E-state index in [9.17, 15) is 9.59 Å². The summed E-state index contributed by atoms with van der Waals surface area (Å²) in [6.45, 7) is 1.87. The number of hydrogen-bond donors (Lipinski definition) is 3. The normalized spacial score (nSPS) is 11.9. The van der Waals surface area contributed by atoms with E-state index in [2.05, 4.69) is 33.9 Å². The molecule has 1 aromatic carbocycles. The summed E-state index contributed by atoms with van der Waals surface area (Å²) in [7, 11) is 0. The summed E-state index contributed by atoms with van der Waals surface area (Å²) in [6.07, 6.45) is 0.289. The number of nitrogens with one attached hydrogen (secondary N) is 1. The first kappa shape index (κ1) is 15.0. The van der Waals surface area contributed by atoms with E-state index in [1.807, 2.05) is 13.0 Å². The van der Waals surface area contributed by atoms with Gasteiger partial charge >= 0.3 is 5.97 Å². The molecule has 1 rings (SSSR count). The monoisotopic (exact) mass is 331 g/mol. The van der Waals surface area contributed by atoms with Crippen LogP contribution in [0, 0.1) is 6.92 Å². The van der Waals surface area contributed by atoms with E-state index >= 15 is 0 Å². The number of thiol groups is 1. The highest BCUT2D eigenvalue weighted by Gasteiger charge is 2.19. The van der Waals surface area contributed by atoms with Gasteiger partial charge in [0.05, 0.1) is 0 Å². The van der Waals surface area contributed by atoms with E-state index < -0.39 is 17.9 Å². The fraction of sp³-hybridized carbons (Fsp3) is 0.333. The number of rotatable bonds is 5. The van der Waals surface area contributed by atoms with Gasteiger partial charge in [0, 0.05) is 10.0 Å². The van der Waals surface area contributed by atoms with Gasteiger partial charge < -0.3 is 10.4 Å². The summed E-state index contributed by atoms with van der Waals surface area (Å²) in [6, 6.07) is 4.33. The standard InChI is InChI=1S/C12H14BrNO3S/c1-7-4-8(6-9(13)5-7)11(15)14-10(2-3-18)12(16)17/h4-6,10,18H,2-3H2,1H3,(H,14,15)(H,16,17). The van der Waals surface area contributed by atoms with Crippen molar-refractivity contribution in [3.05, 3.63) is 33.8 Å². The lowest BCUT2D eigenvalue weighted by molar-refractivity contribution is -0.139. The Labute approximate surface area is 119 Å². The van der Waals surface area contributed by atoms with Crippen LogP contribution in [-0.2, 0) is 4.79 Å². The number of carboxylic acids is 1. The number of aryl methyl sites for hydroxylation is 1. The minimum Gasteiger partial charge on any atom is -0.480 e. The summed E-state index contributed by atoms with van der Waals surface area (Å²) in [4.78, 5) is 22.9. The number of aliphatic carboxylic acids is 1. The Morgan fingerprint density at radius 1 is 1.44 bits per heavy atom. The van der Waals surface area contributed by atoms with Gasteiger partial charge in [-0.15, -0.1) is 0 Å². The molecule has 0 spiro atoms. The maximum atomic E-state index is 11.9. The van der Waals surface area contributed by atoms with Crippen LogP contribution in [0.15, 0.2) is 22.7 Å². The molecule has 0 aromatic heterocycles. The lowest BCUT2D eigenvalue weighted by Crippen LogP contribution is -2.41. The van der Waals surface area contributed by atoms with E-state index in [0.717, 1.165) is 10.0 Å². The fourth-order valence-electron chi connectivity index (χ4n) is 1.50. The number of amides is 1. The molecule has 0 aliphatic rings. The topological polar surface area (TPSA) is 66.4 Å². The van der Waals surface area contributed by atoms with Gasteiger partial charge in [0.2, 0.25) is 0 Å². The molecule has 0 aliphatic heterocycles. The zero-order valence-electron chi connectivity index (χ0n) is 9.81. The van der Waals surface area contributed by atoms with Crippen LogP contribution in [0.1, 0.15) is 22.3 Å². The first-order valence-electron chi connectivity index (χ1n) is 5.35. The second-order valence-electron chi connectivity index (χ2n) is 3.89. The van der Waals surface area contributed by atoms with Gasteiger partial charge in [-0.05, 0) is 42.9 Å². The van der Waals surface area contributed by atoms with Crippen LogP contribution in [-0.4, -0.2) is 28.8 Å². The maximum Gasteiger partial charge on any atom is 0.326 e. The number of carboxylic acid groups (broad SMARTS) is 1. The molecule has 0 heterocycles. The molecule has 1 aromatic rings. The molecular formula is C12H14BrNO3S. The lowest BCUT2D eigenvalue weighted by Gasteiger charge is -2.13. The summed E-state index contributed by atoms with van der Waals surface area (Å²) in [5.74, 6) is -1.05. The molecule has 18 heavy (non-hydrogen) atoms. The Hall–Kier alpha value is -1.01. The SMILES string of the molecule is Cc1cc(Br)cc(C(=O)NC(CCS)C(=O)O)c1. The van der Waals surface area contributed by atoms with Crippen molar-refractivity contribution in [1.29, 1.82) is 0 Å². The predicted octanol–water partition coefficient (Wildman–Crippen LogP) is 2.26. The van der Waals surface area contributed by atoms with Gasteiger partial charge in [-0.1, -0.05) is 15.9 Å².